The molecular formula is C94H86B2N6. The van der Waals surface area contributed by atoms with Crippen molar-refractivity contribution in [3.63, 3.8) is 0 Å². The number of hydrogen-bond donors (Lipinski definition) is 0. The van der Waals surface area contributed by atoms with E-state index in [1.807, 2.05) is 0 Å². The van der Waals surface area contributed by atoms with Crippen LogP contribution in [0.1, 0.15) is 105 Å². The smallest absolute Gasteiger partial charge is 0.252 e. The van der Waals surface area contributed by atoms with Crippen LogP contribution < -0.4 is 62.2 Å². The third-order valence-corrected chi connectivity index (χ3v) is 21.4. The molecule has 13 aromatic carbocycles. The molecule has 6 nitrogen and oxygen atoms in total. The number of hydrogen-bond acceptors (Lipinski definition) is 6. The summed E-state index contributed by atoms with van der Waals surface area (Å²) in [5, 5.41) is 0. The van der Waals surface area contributed by atoms with Crippen molar-refractivity contribution in [3.8, 4) is 0 Å². The van der Waals surface area contributed by atoms with Crippen molar-refractivity contribution in [1.82, 2.24) is 0 Å². The first-order valence-electron chi connectivity index (χ1n) is 36.3. The Balaban J connectivity index is 1.01. The maximum atomic E-state index is 2.66. The van der Waals surface area contributed by atoms with Gasteiger partial charge in [0.15, 0.2) is 0 Å². The summed E-state index contributed by atoms with van der Waals surface area (Å²) in [5.41, 5.74) is 32.1. The van der Waals surface area contributed by atoms with Gasteiger partial charge in [-0.25, -0.2) is 0 Å². The largest absolute Gasteiger partial charge is 0.311 e. The summed E-state index contributed by atoms with van der Waals surface area (Å²) in [4.78, 5) is 15.5. The van der Waals surface area contributed by atoms with Gasteiger partial charge in [-0.2, -0.15) is 0 Å². The van der Waals surface area contributed by atoms with Gasteiger partial charge in [-0.15, -0.1) is 0 Å². The molecule has 4 heterocycles. The Kier molecular flexibility index (Phi) is 15.3. The number of nitrogens with zero attached hydrogens (tertiary/aromatic N) is 6. The fourth-order valence-electron chi connectivity index (χ4n) is 17.1. The number of benzene rings is 13. The van der Waals surface area contributed by atoms with Crippen molar-refractivity contribution in [2.45, 2.75) is 105 Å². The van der Waals surface area contributed by atoms with Gasteiger partial charge in [0, 0.05) is 91.0 Å². The molecule has 0 amide bonds. The lowest BCUT2D eigenvalue weighted by atomic mass is 9.30. The zero-order chi connectivity index (χ0) is 70.1. The average molecular weight is 1320 g/mol. The Morgan fingerprint density at radius 3 is 0.725 bits per heavy atom. The van der Waals surface area contributed by atoms with Crippen molar-refractivity contribution in [1.29, 1.82) is 0 Å². The Hall–Kier alpha value is -11.2. The number of para-hydroxylation sites is 10. The Labute approximate surface area is 604 Å². The van der Waals surface area contributed by atoms with Crippen LogP contribution in [0.25, 0.3) is 0 Å². The maximum absolute atomic E-state index is 2.66. The van der Waals surface area contributed by atoms with Gasteiger partial charge in [0.2, 0.25) is 0 Å². The molecule has 0 unspecified atom stereocenters. The van der Waals surface area contributed by atoms with Crippen LogP contribution in [0, 0.1) is 0 Å². The van der Waals surface area contributed by atoms with E-state index >= 15 is 0 Å². The summed E-state index contributed by atoms with van der Waals surface area (Å²) in [6.07, 6.45) is 0. The van der Waals surface area contributed by atoms with Crippen LogP contribution in [0.4, 0.5) is 102 Å². The molecule has 0 aromatic heterocycles. The summed E-state index contributed by atoms with van der Waals surface area (Å²) in [5.74, 6) is 0. The summed E-state index contributed by atoms with van der Waals surface area (Å²) < 4.78 is 0. The van der Waals surface area contributed by atoms with E-state index in [-0.39, 0.29) is 35.1 Å². The first-order valence-corrected chi connectivity index (χ1v) is 36.3. The summed E-state index contributed by atoms with van der Waals surface area (Å²) >= 11 is 0. The van der Waals surface area contributed by atoms with Gasteiger partial charge in [-0.3, -0.25) is 0 Å². The lowest BCUT2D eigenvalue weighted by Crippen LogP contribution is -2.65. The fraction of sp³-hybridized carbons (Fsp3) is 0.170. The van der Waals surface area contributed by atoms with E-state index in [1.54, 1.807) is 0 Å². The highest BCUT2D eigenvalue weighted by Crippen LogP contribution is 2.55. The van der Waals surface area contributed by atoms with Gasteiger partial charge in [-0.05, 0) is 192 Å². The second kappa shape index (κ2) is 24.3. The third kappa shape index (κ3) is 10.5. The minimum Gasteiger partial charge on any atom is -0.311 e. The highest BCUT2D eigenvalue weighted by Gasteiger charge is 2.49. The molecule has 0 aliphatic carbocycles. The normalized spacial score (nSPS) is 13.6. The molecule has 4 aliphatic heterocycles. The van der Waals surface area contributed by atoms with Crippen molar-refractivity contribution in [3.05, 3.63) is 326 Å². The highest BCUT2D eigenvalue weighted by molar-refractivity contribution is 7.03. The molecule has 0 N–H and O–H groups in total. The minimum absolute atomic E-state index is 0.190. The van der Waals surface area contributed by atoms with Crippen molar-refractivity contribution < 1.29 is 0 Å². The van der Waals surface area contributed by atoms with Crippen molar-refractivity contribution >= 4 is 149 Å². The monoisotopic (exact) mass is 1320 g/mol. The second-order valence-corrected chi connectivity index (χ2v) is 32.2. The number of anilines is 18. The lowest BCUT2D eigenvalue weighted by Gasteiger charge is -2.48. The van der Waals surface area contributed by atoms with Gasteiger partial charge in [0.05, 0.1) is 11.4 Å². The number of fused-ring (bicyclic) bond motifs is 8. The molecule has 0 saturated carbocycles. The van der Waals surface area contributed by atoms with Gasteiger partial charge >= 0.3 is 0 Å². The lowest BCUT2D eigenvalue weighted by molar-refractivity contribution is 0.586. The molecule has 102 heavy (non-hydrogen) atoms. The van der Waals surface area contributed by atoms with Gasteiger partial charge < -0.3 is 29.4 Å². The van der Waals surface area contributed by atoms with Crippen LogP contribution in [-0.2, 0) is 21.7 Å². The van der Waals surface area contributed by atoms with Crippen LogP contribution in [-0.4, -0.2) is 13.4 Å². The van der Waals surface area contributed by atoms with Crippen LogP contribution in [0.15, 0.2) is 303 Å². The standard InChI is InChI=1S/C94H86B2N6/c1-91(2,3)69-45-25-31-51-77(69)101(78-52-32-26-46-70(78)92(4,5)6)67-57-85-89-87(59-67)99(65-41-21-15-22-42-65)83-62-84-76(61-75(83)95(89)73-49-29-35-55-81(73)97(85)63-37-17-13-18-38-63)96-74-50-30-36-56-82(74)98(64-39-19-14-20-40-64)86-58-68(60-88(90(86)96)100(84)66-43-23-16-24-44-66)102(79-53-33-27-47-71(79)93(7,8)9)80-54-34-28-48-72(80)94(10,11)12/h13-62H,1-12H3. The molecule has 0 fully saturated rings. The van der Waals surface area contributed by atoms with Crippen molar-refractivity contribution in [2.75, 3.05) is 29.4 Å². The van der Waals surface area contributed by atoms with E-state index in [1.165, 1.54) is 55.0 Å². The summed E-state index contributed by atoms with van der Waals surface area (Å²) in [7, 11) is 0. The Morgan fingerprint density at radius 2 is 0.451 bits per heavy atom. The molecule has 8 heteroatoms. The molecule has 498 valence electrons. The first kappa shape index (κ1) is 64.2. The van der Waals surface area contributed by atoms with Crippen LogP contribution in [0.2, 0.25) is 0 Å². The van der Waals surface area contributed by atoms with E-state index < -0.39 is 0 Å². The van der Waals surface area contributed by atoms with E-state index in [0.717, 1.165) is 102 Å². The maximum Gasteiger partial charge on any atom is 0.252 e. The number of rotatable bonds is 10. The molecule has 13 aromatic rings. The van der Waals surface area contributed by atoms with Crippen molar-refractivity contribution in [2.24, 2.45) is 0 Å². The van der Waals surface area contributed by atoms with E-state index in [4.69, 9.17) is 0 Å². The van der Waals surface area contributed by atoms with Crippen LogP contribution in [0.3, 0.4) is 0 Å². The molecular weight excluding hydrogens is 1230 g/mol. The summed E-state index contributed by atoms with van der Waals surface area (Å²) in [6.45, 7) is 27.8. The van der Waals surface area contributed by atoms with Gasteiger partial charge in [0.25, 0.3) is 13.4 Å². The molecule has 0 spiro atoms. The minimum atomic E-state index is -0.197. The Bertz CT molecular complexity index is 4950. The topological polar surface area (TPSA) is 19.4 Å². The zero-order valence-corrected chi connectivity index (χ0v) is 60.7. The highest BCUT2D eigenvalue weighted by atomic mass is 15.2. The first-order chi connectivity index (χ1) is 49.2. The third-order valence-electron chi connectivity index (χ3n) is 21.4. The predicted octanol–water partition coefficient (Wildman–Crippen LogP) is 22.0. The summed E-state index contributed by atoms with van der Waals surface area (Å²) in [6, 6.07) is 115. The molecule has 4 aliphatic rings. The molecule has 17 rings (SSSR count). The zero-order valence-electron chi connectivity index (χ0n) is 60.7. The van der Waals surface area contributed by atoms with Crippen LogP contribution in [0.5, 0.6) is 0 Å². The van der Waals surface area contributed by atoms with Crippen LogP contribution >= 0.6 is 0 Å². The van der Waals surface area contributed by atoms with E-state index in [9.17, 15) is 0 Å². The fourth-order valence-corrected chi connectivity index (χ4v) is 17.1. The van der Waals surface area contributed by atoms with Gasteiger partial charge in [-0.1, -0.05) is 271 Å². The van der Waals surface area contributed by atoms with E-state index in [2.05, 4.69) is 416 Å². The average Bonchev–Trinajstić information content (AvgIpc) is 0.684. The molecule has 0 atom stereocenters. The molecule has 0 radical (unpaired) electrons. The SMILES string of the molecule is CC(C)(C)c1ccccc1N(c1cc2c3c(c1)N(c1ccccc1)c1cc4c(cc1B3c1ccccc1N2c1ccccc1)B1c2ccccc2N(c2ccccc2)c2cc(N(c3ccccc3C(C)(C)C)c3ccccc3C(C)(C)C)cc(c21)N4c1ccccc1)c1ccccc1C(C)(C)C. The second-order valence-electron chi connectivity index (χ2n) is 32.2. The molecule has 0 saturated heterocycles. The predicted molar refractivity (Wildman–Crippen MR) is 439 cm³/mol. The quantitative estimate of drug-likeness (QED) is 0.126. The Morgan fingerprint density at radius 1 is 0.216 bits per heavy atom. The van der Waals surface area contributed by atoms with E-state index in [0.29, 0.717) is 0 Å². The molecule has 0 bridgehead atoms. The van der Waals surface area contributed by atoms with Gasteiger partial charge in [0.1, 0.15) is 0 Å².